The van der Waals surface area contributed by atoms with Crippen LogP contribution in [0.15, 0.2) is 24.3 Å². The molecule has 1 aliphatic rings. The Morgan fingerprint density at radius 2 is 1.95 bits per heavy atom. The maximum absolute atomic E-state index is 12.8. The minimum Gasteiger partial charge on any atom is -0.461 e. The highest BCUT2D eigenvalue weighted by atomic mass is 16.5. The highest BCUT2D eigenvalue weighted by molar-refractivity contribution is 6.10. The van der Waals surface area contributed by atoms with Crippen LogP contribution in [0.4, 0.5) is 11.4 Å². The number of nitrogens with zero attached hydrogens (tertiary/aromatic N) is 1. The first-order valence-corrected chi connectivity index (χ1v) is 7.69. The zero-order chi connectivity index (χ0) is 16.5. The first kappa shape index (κ1) is 16.3. The number of fused-ring (bicyclic) bond motifs is 1. The highest BCUT2D eigenvalue weighted by Crippen LogP contribution is 2.36. The molecule has 1 amide bonds. The van der Waals surface area contributed by atoms with Crippen LogP contribution in [-0.4, -0.2) is 29.6 Å². The zero-order valence-corrected chi connectivity index (χ0v) is 13.8. The molecule has 120 valence electrons. The molecular weight excluding hydrogens is 280 g/mol. The quantitative estimate of drug-likeness (QED) is 0.869. The Kier molecular flexibility index (Phi) is 4.44. The molecular formula is C17H24N2O3. The predicted molar refractivity (Wildman–Crippen MR) is 86.9 cm³/mol. The number of benzene rings is 1. The molecule has 0 bridgehead atoms. The van der Waals surface area contributed by atoms with Crippen molar-refractivity contribution in [2.75, 3.05) is 10.2 Å². The van der Waals surface area contributed by atoms with E-state index in [-0.39, 0.29) is 18.0 Å². The van der Waals surface area contributed by atoms with Gasteiger partial charge in [0.05, 0.1) is 17.5 Å². The lowest BCUT2D eigenvalue weighted by Crippen LogP contribution is -2.58. The molecule has 1 aliphatic heterocycles. The van der Waals surface area contributed by atoms with E-state index in [1.165, 1.54) is 4.90 Å². The van der Waals surface area contributed by atoms with Gasteiger partial charge in [0.15, 0.2) is 0 Å². The summed E-state index contributed by atoms with van der Waals surface area (Å²) in [5, 5.41) is 3.22. The second kappa shape index (κ2) is 5.99. The third kappa shape index (κ3) is 2.93. The van der Waals surface area contributed by atoms with Crippen LogP contribution in [0.3, 0.4) is 0 Å². The Hall–Kier alpha value is -2.04. The standard InChI is InChI=1S/C17H24N2O3/c1-6-11(2)22-15(20)12(3)19-14-10-8-7-9-13(14)18-17(4,5)16(19)21/h7-12,18H,6H2,1-5H3. The summed E-state index contributed by atoms with van der Waals surface area (Å²) in [4.78, 5) is 26.6. The predicted octanol–water partition coefficient (Wildman–Crippen LogP) is 2.95. The summed E-state index contributed by atoms with van der Waals surface area (Å²) in [6.07, 6.45) is 0.590. The van der Waals surface area contributed by atoms with Crippen LogP contribution in [0.25, 0.3) is 0 Å². The van der Waals surface area contributed by atoms with Crippen molar-refractivity contribution in [1.29, 1.82) is 0 Å². The van der Waals surface area contributed by atoms with Gasteiger partial charge in [-0.3, -0.25) is 9.69 Å². The molecule has 2 atom stereocenters. The number of ether oxygens (including phenoxy) is 1. The summed E-state index contributed by atoms with van der Waals surface area (Å²) >= 11 is 0. The lowest BCUT2D eigenvalue weighted by Gasteiger charge is -2.42. The van der Waals surface area contributed by atoms with Crippen LogP contribution >= 0.6 is 0 Å². The number of esters is 1. The molecule has 0 spiro atoms. The molecule has 0 radical (unpaired) electrons. The molecule has 0 aliphatic carbocycles. The van der Waals surface area contributed by atoms with Crippen LogP contribution in [-0.2, 0) is 14.3 Å². The molecule has 5 nitrogen and oxygen atoms in total. The van der Waals surface area contributed by atoms with Gasteiger partial charge in [0.2, 0.25) is 0 Å². The molecule has 0 saturated carbocycles. The van der Waals surface area contributed by atoms with Crippen LogP contribution in [0, 0.1) is 0 Å². The van der Waals surface area contributed by atoms with E-state index in [0.717, 1.165) is 12.1 Å². The van der Waals surface area contributed by atoms with Crippen molar-refractivity contribution in [2.24, 2.45) is 0 Å². The average Bonchev–Trinajstić information content (AvgIpc) is 2.47. The minimum absolute atomic E-state index is 0.139. The summed E-state index contributed by atoms with van der Waals surface area (Å²) in [5.74, 6) is -0.519. The van der Waals surface area contributed by atoms with E-state index in [4.69, 9.17) is 4.74 Å². The van der Waals surface area contributed by atoms with E-state index < -0.39 is 11.6 Å². The Bertz CT molecular complexity index is 583. The van der Waals surface area contributed by atoms with Crippen molar-refractivity contribution in [2.45, 2.75) is 58.7 Å². The number of nitrogens with one attached hydrogen (secondary N) is 1. The number of carbonyl (C=O) groups excluding carboxylic acids is 2. The van der Waals surface area contributed by atoms with E-state index >= 15 is 0 Å². The SMILES string of the molecule is CCC(C)OC(=O)C(C)N1C(=O)C(C)(C)Nc2ccccc21. The number of hydrogen-bond acceptors (Lipinski definition) is 4. The molecule has 0 aromatic heterocycles. The minimum atomic E-state index is -0.765. The summed E-state index contributed by atoms with van der Waals surface area (Å²) in [6, 6.07) is 6.83. The second-order valence-corrected chi connectivity index (χ2v) is 6.27. The molecule has 0 fully saturated rings. The molecule has 5 heteroatoms. The summed E-state index contributed by atoms with van der Waals surface area (Å²) in [6.45, 7) is 9.13. The molecule has 22 heavy (non-hydrogen) atoms. The Labute approximate surface area is 131 Å². The fraction of sp³-hybridized carbons (Fsp3) is 0.529. The molecule has 1 heterocycles. The van der Waals surface area contributed by atoms with Crippen LogP contribution in [0.5, 0.6) is 0 Å². The highest BCUT2D eigenvalue weighted by Gasteiger charge is 2.42. The third-order valence-electron chi connectivity index (χ3n) is 3.98. The Morgan fingerprint density at radius 1 is 1.32 bits per heavy atom. The monoisotopic (exact) mass is 304 g/mol. The van der Waals surface area contributed by atoms with Gasteiger partial charge in [0.1, 0.15) is 11.6 Å². The van der Waals surface area contributed by atoms with Gasteiger partial charge in [-0.25, -0.2) is 4.79 Å². The third-order valence-corrected chi connectivity index (χ3v) is 3.98. The maximum Gasteiger partial charge on any atom is 0.329 e. The Balaban J connectivity index is 2.35. The van der Waals surface area contributed by atoms with Crippen molar-refractivity contribution in [3.05, 3.63) is 24.3 Å². The van der Waals surface area contributed by atoms with Crippen LogP contribution in [0.1, 0.15) is 41.0 Å². The van der Waals surface area contributed by atoms with Gasteiger partial charge >= 0.3 is 5.97 Å². The lowest BCUT2D eigenvalue weighted by atomic mass is 9.96. The first-order valence-electron chi connectivity index (χ1n) is 7.69. The van der Waals surface area contributed by atoms with Crippen molar-refractivity contribution >= 4 is 23.3 Å². The van der Waals surface area contributed by atoms with Crippen molar-refractivity contribution < 1.29 is 14.3 Å². The number of para-hydroxylation sites is 2. The second-order valence-electron chi connectivity index (χ2n) is 6.27. The van der Waals surface area contributed by atoms with Gasteiger partial charge in [-0.1, -0.05) is 19.1 Å². The van der Waals surface area contributed by atoms with Gasteiger partial charge in [0.25, 0.3) is 5.91 Å². The molecule has 1 aromatic rings. The van der Waals surface area contributed by atoms with Crippen molar-refractivity contribution in [3.63, 3.8) is 0 Å². The molecule has 1 aromatic carbocycles. The molecule has 2 unspecified atom stereocenters. The largest absolute Gasteiger partial charge is 0.461 e. The van der Waals surface area contributed by atoms with Crippen LogP contribution in [0.2, 0.25) is 0 Å². The smallest absolute Gasteiger partial charge is 0.329 e. The van der Waals surface area contributed by atoms with E-state index in [9.17, 15) is 9.59 Å². The fourth-order valence-corrected chi connectivity index (χ4v) is 2.46. The molecule has 1 N–H and O–H groups in total. The number of amides is 1. The maximum atomic E-state index is 12.8. The topological polar surface area (TPSA) is 58.6 Å². The van der Waals surface area contributed by atoms with Crippen molar-refractivity contribution in [3.8, 4) is 0 Å². The molecule has 0 saturated heterocycles. The summed E-state index contributed by atoms with van der Waals surface area (Å²) in [7, 11) is 0. The Morgan fingerprint density at radius 3 is 2.59 bits per heavy atom. The van der Waals surface area contributed by atoms with E-state index in [0.29, 0.717) is 5.69 Å². The number of rotatable bonds is 4. The number of hydrogen-bond donors (Lipinski definition) is 1. The zero-order valence-electron chi connectivity index (χ0n) is 13.8. The summed E-state index contributed by atoms with van der Waals surface area (Å²) in [5.41, 5.74) is 0.787. The number of carbonyl (C=O) groups is 2. The van der Waals surface area contributed by atoms with E-state index in [2.05, 4.69) is 5.32 Å². The van der Waals surface area contributed by atoms with E-state index in [1.807, 2.05) is 52.0 Å². The van der Waals surface area contributed by atoms with Gasteiger partial charge in [0, 0.05) is 0 Å². The van der Waals surface area contributed by atoms with E-state index in [1.54, 1.807) is 6.92 Å². The van der Waals surface area contributed by atoms with Gasteiger partial charge < -0.3 is 10.1 Å². The van der Waals surface area contributed by atoms with Crippen molar-refractivity contribution in [1.82, 2.24) is 0 Å². The average molecular weight is 304 g/mol. The summed E-state index contributed by atoms with van der Waals surface area (Å²) < 4.78 is 5.39. The lowest BCUT2D eigenvalue weighted by molar-refractivity contribution is -0.150. The molecule has 2 rings (SSSR count). The van der Waals surface area contributed by atoms with Gasteiger partial charge in [-0.15, -0.1) is 0 Å². The number of anilines is 2. The van der Waals surface area contributed by atoms with Crippen LogP contribution < -0.4 is 10.2 Å². The van der Waals surface area contributed by atoms with Gasteiger partial charge in [-0.05, 0) is 46.2 Å². The first-order chi connectivity index (χ1) is 10.3. The van der Waals surface area contributed by atoms with Gasteiger partial charge in [-0.2, -0.15) is 0 Å². The normalized spacial score (nSPS) is 19.0. The fourth-order valence-electron chi connectivity index (χ4n) is 2.46.